The molecule has 2 heterocycles. The van der Waals surface area contributed by atoms with Crippen LogP contribution in [-0.2, 0) is 14.9 Å². The summed E-state index contributed by atoms with van der Waals surface area (Å²) in [4.78, 5) is 12.7. The third-order valence-electron chi connectivity index (χ3n) is 4.74. The van der Waals surface area contributed by atoms with Gasteiger partial charge in [0.15, 0.2) is 0 Å². The van der Waals surface area contributed by atoms with Crippen molar-refractivity contribution in [2.45, 2.75) is 58.2 Å². The van der Waals surface area contributed by atoms with Crippen molar-refractivity contribution in [3.8, 4) is 5.69 Å². The maximum absolute atomic E-state index is 12.7. The molecular weight excluding hydrogens is 328 g/mol. The largest absolute Gasteiger partial charge is 0.364 e. The van der Waals surface area contributed by atoms with Crippen LogP contribution in [0.5, 0.6) is 0 Å². The van der Waals surface area contributed by atoms with Crippen molar-refractivity contribution in [3.05, 3.63) is 41.6 Å². The van der Waals surface area contributed by atoms with Crippen LogP contribution < -0.4 is 11.1 Å². The monoisotopic (exact) mass is 356 g/mol. The van der Waals surface area contributed by atoms with E-state index in [1.807, 2.05) is 41.9 Å². The molecule has 1 aromatic heterocycles. The zero-order chi connectivity index (χ0) is 18.9. The first kappa shape index (κ1) is 18.6. The normalized spacial score (nSPS) is 20.3. The van der Waals surface area contributed by atoms with Crippen molar-refractivity contribution in [2.75, 3.05) is 11.9 Å². The molecule has 0 aliphatic carbocycles. The van der Waals surface area contributed by atoms with Gasteiger partial charge in [0.1, 0.15) is 11.9 Å². The fourth-order valence-electron chi connectivity index (χ4n) is 3.10. The van der Waals surface area contributed by atoms with Gasteiger partial charge >= 0.3 is 0 Å². The van der Waals surface area contributed by atoms with E-state index in [9.17, 15) is 4.79 Å². The highest BCUT2D eigenvalue weighted by atomic mass is 16.5. The molecule has 6 nitrogen and oxygen atoms in total. The van der Waals surface area contributed by atoms with E-state index in [1.165, 1.54) is 0 Å². The Labute approximate surface area is 154 Å². The number of benzene rings is 1. The number of carbonyl (C=O) groups excluding carboxylic acids is 1. The van der Waals surface area contributed by atoms with Gasteiger partial charge in [-0.2, -0.15) is 5.10 Å². The highest BCUT2D eigenvalue weighted by molar-refractivity contribution is 5.94. The molecule has 1 aliphatic heterocycles. The smallest absolute Gasteiger partial charge is 0.254 e. The lowest BCUT2D eigenvalue weighted by Gasteiger charge is -2.15. The molecule has 1 amide bonds. The van der Waals surface area contributed by atoms with Gasteiger partial charge in [-0.15, -0.1) is 0 Å². The quantitative estimate of drug-likeness (QED) is 0.882. The van der Waals surface area contributed by atoms with Gasteiger partial charge in [0.05, 0.1) is 17.5 Å². The first-order valence-corrected chi connectivity index (χ1v) is 9.12. The summed E-state index contributed by atoms with van der Waals surface area (Å²) in [5.74, 6) is 0.519. The summed E-state index contributed by atoms with van der Waals surface area (Å²) in [7, 11) is 0. The molecule has 1 aliphatic rings. The van der Waals surface area contributed by atoms with Gasteiger partial charge in [-0.05, 0) is 31.4 Å². The van der Waals surface area contributed by atoms with Crippen LogP contribution in [0.3, 0.4) is 0 Å². The van der Waals surface area contributed by atoms with E-state index in [1.54, 1.807) is 0 Å². The van der Waals surface area contributed by atoms with Crippen LogP contribution in [0, 0.1) is 6.92 Å². The van der Waals surface area contributed by atoms with Gasteiger partial charge in [0, 0.05) is 18.0 Å². The molecule has 2 aromatic rings. The van der Waals surface area contributed by atoms with Gasteiger partial charge in [0.25, 0.3) is 5.91 Å². The van der Waals surface area contributed by atoms with Crippen molar-refractivity contribution < 1.29 is 9.53 Å². The number of hydrogen-bond donors (Lipinski definition) is 2. The summed E-state index contributed by atoms with van der Waals surface area (Å²) in [6.07, 6.45) is 1.02. The topological polar surface area (TPSA) is 82.2 Å². The number of aryl methyl sites for hydroxylation is 1. The number of anilines is 1. The molecule has 26 heavy (non-hydrogen) atoms. The second-order valence-corrected chi connectivity index (χ2v) is 7.91. The van der Waals surface area contributed by atoms with Crippen molar-refractivity contribution in [1.29, 1.82) is 0 Å². The van der Waals surface area contributed by atoms with E-state index in [2.05, 4.69) is 26.1 Å². The molecule has 0 spiro atoms. The fraction of sp³-hybridized carbons (Fsp3) is 0.500. The minimum Gasteiger partial charge on any atom is -0.364 e. The number of aromatic nitrogens is 2. The molecule has 0 bridgehead atoms. The third kappa shape index (κ3) is 3.81. The Kier molecular flexibility index (Phi) is 5.16. The van der Waals surface area contributed by atoms with E-state index in [-0.39, 0.29) is 17.4 Å². The first-order valence-electron chi connectivity index (χ1n) is 9.12. The highest BCUT2D eigenvalue weighted by Crippen LogP contribution is 2.28. The standard InChI is InChI=1S/C20H28N4O2/c1-13-7-5-6-8-15(13)24-18(11-17(23-24)20(2,3)4)22-19(25)16-10-9-14(12-21)26-16/h5-8,11,14,16H,9-10,12,21H2,1-4H3,(H,22,25)/t14-,16+/m1/s1. The second-order valence-electron chi connectivity index (χ2n) is 7.91. The van der Waals surface area contributed by atoms with E-state index < -0.39 is 6.10 Å². The lowest BCUT2D eigenvalue weighted by atomic mass is 9.92. The summed E-state index contributed by atoms with van der Waals surface area (Å²) < 4.78 is 7.53. The number of ether oxygens (including phenoxy) is 1. The highest BCUT2D eigenvalue weighted by Gasteiger charge is 2.31. The molecule has 3 N–H and O–H groups in total. The number of rotatable bonds is 4. The van der Waals surface area contributed by atoms with Crippen LogP contribution in [0.4, 0.5) is 5.82 Å². The third-order valence-corrected chi connectivity index (χ3v) is 4.74. The number of nitrogens with one attached hydrogen (secondary N) is 1. The average molecular weight is 356 g/mol. The average Bonchev–Trinajstić information content (AvgIpc) is 3.22. The molecule has 0 saturated carbocycles. The fourth-order valence-corrected chi connectivity index (χ4v) is 3.10. The molecule has 6 heteroatoms. The lowest BCUT2D eigenvalue weighted by molar-refractivity contribution is -0.126. The molecule has 1 aromatic carbocycles. The van der Waals surface area contributed by atoms with Crippen LogP contribution in [0.25, 0.3) is 5.69 Å². The van der Waals surface area contributed by atoms with E-state index >= 15 is 0 Å². The Morgan fingerprint density at radius 1 is 1.35 bits per heavy atom. The van der Waals surface area contributed by atoms with Crippen LogP contribution in [0.2, 0.25) is 0 Å². The predicted octanol–water partition coefficient (Wildman–Crippen LogP) is 2.92. The van der Waals surface area contributed by atoms with Gasteiger partial charge in [-0.25, -0.2) is 4.68 Å². The Bertz CT molecular complexity index is 791. The summed E-state index contributed by atoms with van der Waals surface area (Å²) in [6, 6.07) is 9.94. The maximum atomic E-state index is 12.7. The van der Waals surface area contributed by atoms with E-state index in [0.717, 1.165) is 23.4 Å². The number of carbonyl (C=O) groups is 1. The Morgan fingerprint density at radius 2 is 2.08 bits per heavy atom. The summed E-state index contributed by atoms with van der Waals surface area (Å²) >= 11 is 0. The maximum Gasteiger partial charge on any atom is 0.254 e. The van der Waals surface area contributed by atoms with Crippen LogP contribution >= 0.6 is 0 Å². The van der Waals surface area contributed by atoms with Crippen LogP contribution in [0.15, 0.2) is 30.3 Å². The number of para-hydroxylation sites is 1. The molecular formula is C20H28N4O2. The summed E-state index contributed by atoms with van der Waals surface area (Å²) in [6.45, 7) is 8.80. The van der Waals surface area contributed by atoms with Crippen LogP contribution in [0.1, 0.15) is 44.9 Å². The SMILES string of the molecule is Cc1ccccc1-n1nc(C(C)(C)C)cc1NC(=O)[C@@H]1CC[C@H](CN)O1. The molecule has 140 valence electrons. The zero-order valence-electron chi connectivity index (χ0n) is 16.0. The number of amides is 1. The predicted molar refractivity (Wildman–Crippen MR) is 103 cm³/mol. The van der Waals surface area contributed by atoms with Crippen molar-refractivity contribution in [1.82, 2.24) is 9.78 Å². The second kappa shape index (κ2) is 7.21. The summed E-state index contributed by atoms with van der Waals surface area (Å²) in [5, 5.41) is 7.78. The van der Waals surface area contributed by atoms with Gasteiger partial charge in [-0.1, -0.05) is 39.0 Å². The molecule has 1 fully saturated rings. The number of nitrogens with zero attached hydrogens (tertiary/aromatic N) is 2. The molecule has 1 saturated heterocycles. The van der Waals surface area contributed by atoms with Gasteiger partial charge < -0.3 is 15.8 Å². The number of hydrogen-bond acceptors (Lipinski definition) is 4. The van der Waals surface area contributed by atoms with E-state index in [4.69, 9.17) is 15.6 Å². The molecule has 0 radical (unpaired) electrons. The molecule has 0 unspecified atom stereocenters. The Morgan fingerprint density at radius 3 is 2.69 bits per heavy atom. The van der Waals surface area contributed by atoms with E-state index in [0.29, 0.717) is 18.8 Å². The van der Waals surface area contributed by atoms with Crippen molar-refractivity contribution in [2.24, 2.45) is 5.73 Å². The molecule has 3 rings (SSSR count). The van der Waals surface area contributed by atoms with Crippen LogP contribution in [-0.4, -0.2) is 34.4 Å². The van der Waals surface area contributed by atoms with Gasteiger partial charge in [-0.3, -0.25) is 4.79 Å². The van der Waals surface area contributed by atoms with Crippen molar-refractivity contribution in [3.63, 3.8) is 0 Å². The first-order chi connectivity index (χ1) is 12.3. The summed E-state index contributed by atoms with van der Waals surface area (Å²) in [5.41, 5.74) is 8.48. The lowest BCUT2D eigenvalue weighted by Crippen LogP contribution is -2.30. The minimum atomic E-state index is -0.457. The molecule has 2 atom stereocenters. The Balaban J connectivity index is 1.92. The van der Waals surface area contributed by atoms with Gasteiger partial charge in [0.2, 0.25) is 0 Å². The minimum absolute atomic E-state index is 0.0304. The number of nitrogens with two attached hydrogens (primary N) is 1. The van der Waals surface area contributed by atoms with Crippen molar-refractivity contribution >= 4 is 11.7 Å². The zero-order valence-corrected chi connectivity index (χ0v) is 16.0. The Hall–Kier alpha value is -2.18.